The molecule has 0 aliphatic heterocycles. The Kier molecular flexibility index (Phi) is 1.77. The molecule has 0 spiro atoms. The van der Waals surface area contributed by atoms with Crippen molar-refractivity contribution in [3.8, 4) is 12.1 Å². The summed E-state index contributed by atoms with van der Waals surface area (Å²) in [4.78, 5) is 0. The SMILES string of the molecule is N#CC(C#N)C1CC2CCC1C2. The van der Waals surface area contributed by atoms with E-state index in [-0.39, 0.29) is 5.92 Å². The zero-order valence-corrected chi connectivity index (χ0v) is 7.03. The van der Waals surface area contributed by atoms with Crippen LogP contribution in [-0.4, -0.2) is 0 Å². The van der Waals surface area contributed by atoms with Crippen LogP contribution in [0.25, 0.3) is 0 Å². The van der Waals surface area contributed by atoms with E-state index in [0.29, 0.717) is 11.8 Å². The van der Waals surface area contributed by atoms with Crippen molar-refractivity contribution in [2.45, 2.75) is 25.7 Å². The summed E-state index contributed by atoms with van der Waals surface area (Å²) in [5.74, 6) is 1.60. The fraction of sp³-hybridized carbons (Fsp3) is 0.800. The third-order valence-corrected chi connectivity index (χ3v) is 3.50. The summed E-state index contributed by atoms with van der Waals surface area (Å²) < 4.78 is 0. The van der Waals surface area contributed by atoms with Crippen LogP contribution >= 0.6 is 0 Å². The summed E-state index contributed by atoms with van der Waals surface area (Å²) >= 11 is 0. The molecule has 0 N–H and O–H groups in total. The number of fused-ring (bicyclic) bond motifs is 2. The molecule has 2 aliphatic carbocycles. The molecule has 62 valence electrons. The van der Waals surface area contributed by atoms with Crippen molar-refractivity contribution in [2.75, 3.05) is 0 Å². The number of nitrogens with zero attached hydrogens (tertiary/aromatic N) is 2. The fourth-order valence-corrected chi connectivity index (χ4v) is 2.92. The lowest BCUT2D eigenvalue weighted by Gasteiger charge is -2.21. The Morgan fingerprint density at radius 2 is 1.83 bits per heavy atom. The van der Waals surface area contributed by atoms with Gasteiger partial charge in [0.2, 0.25) is 0 Å². The van der Waals surface area contributed by atoms with E-state index in [4.69, 9.17) is 10.5 Å². The average Bonchev–Trinajstić information content (AvgIpc) is 2.67. The predicted molar refractivity (Wildman–Crippen MR) is 43.7 cm³/mol. The number of rotatable bonds is 1. The molecule has 2 fully saturated rings. The highest BCUT2D eigenvalue weighted by molar-refractivity contribution is 5.07. The van der Waals surface area contributed by atoms with Crippen LogP contribution in [0.15, 0.2) is 0 Å². The van der Waals surface area contributed by atoms with Gasteiger partial charge in [0, 0.05) is 0 Å². The third kappa shape index (κ3) is 0.994. The quantitative estimate of drug-likeness (QED) is 0.589. The minimum atomic E-state index is -0.333. The number of hydrogen-bond donors (Lipinski definition) is 0. The number of hydrogen-bond acceptors (Lipinski definition) is 2. The van der Waals surface area contributed by atoms with Crippen LogP contribution in [0.1, 0.15) is 25.7 Å². The highest BCUT2D eigenvalue weighted by Crippen LogP contribution is 2.50. The van der Waals surface area contributed by atoms with E-state index in [0.717, 1.165) is 12.3 Å². The van der Waals surface area contributed by atoms with Crippen molar-refractivity contribution in [3.05, 3.63) is 0 Å². The predicted octanol–water partition coefficient (Wildman–Crippen LogP) is 2.09. The molecular weight excluding hydrogens is 148 g/mol. The molecule has 2 heteroatoms. The van der Waals surface area contributed by atoms with Gasteiger partial charge in [-0.3, -0.25) is 0 Å². The van der Waals surface area contributed by atoms with Crippen LogP contribution in [0.2, 0.25) is 0 Å². The second-order valence-corrected chi connectivity index (χ2v) is 4.07. The van der Waals surface area contributed by atoms with E-state index < -0.39 is 0 Å². The Labute approximate surface area is 72.8 Å². The molecule has 0 heterocycles. The minimum absolute atomic E-state index is 0.333. The van der Waals surface area contributed by atoms with Gasteiger partial charge in [-0.15, -0.1) is 0 Å². The molecule has 2 rings (SSSR count). The summed E-state index contributed by atoms with van der Waals surface area (Å²) in [6, 6.07) is 4.23. The van der Waals surface area contributed by atoms with Gasteiger partial charge in [-0.25, -0.2) is 0 Å². The van der Waals surface area contributed by atoms with Crippen LogP contribution < -0.4 is 0 Å². The molecular formula is C10H12N2. The third-order valence-electron chi connectivity index (χ3n) is 3.50. The Morgan fingerprint density at radius 1 is 1.08 bits per heavy atom. The standard InChI is InChI=1S/C10H12N2/c11-5-9(6-12)10-4-7-1-2-8(10)3-7/h7-10H,1-4H2. The molecule has 2 saturated carbocycles. The van der Waals surface area contributed by atoms with Crippen LogP contribution in [0.4, 0.5) is 0 Å². The number of nitriles is 2. The molecule has 3 atom stereocenters. The molecule has 2 bridgehead atoms. The van der Waals surface area contributed by atoms with Gasteiger partial charge in [0.1, 0.15) is 5.92 Å². The molecule has 3 unspecified atom stereocenters. The Hall–Kier alpha value is -1.02. The van der Waals surface area contributed by atoms with Crippen LogP contribution in [0.5, 0.6) is 0 Å². The van der Waals surface area contributed by atoms with Gasteiger partial charge in [0.25, 0.3) is 0 Å². The summed E-state index contributed by atoms with van der Waals surface area (Å²) in [6.45, 7) is 0. The van der Waals surface area contributed by atoms with Gasteiger partial charge in [0.05, 0.1) is 12.1 Å². The van der Waals surface area contributed by atoms with Crippen molar-refractivity contribution in [3.63, 3.8) is 0 Å². The molecule has 0 radical (unpaired) electrons. The van der Waals surface area contributed by atoms with Crippen molar-refractivity contribution in [2.24, 2.45) is 23.7 Å². The molecule has 0 amide bonds. The topological polar surface area (TPSA) is 47.6 Å². The van der Waals surface area contributed by atoms with Crippen molar-refractivity contribution < 1.29 is 0 Å². The maximum absolute atomic E-state index is 8.74. The molecule has 0 aromatic heterocycles. The first-order valence-electron chi connectivity index (χ1n) is 4.64. The fourth-order valence-electron chi connectivity index (χ4n) is 2.92. The van der Waals surface area contributed by atoms with Gasteiger partial charge < -0.3 is 0 Å². The molecule has 2 aliphatic rings. The van der Waals surface area contributed by atoms with Crippen LogP contribution in [0, 0.1) is 46.3 Å². The summed E-state index contributed by atoms with van der Waals surface area (Å²) in [7, 11) is 0. The van der Waals surface area contributed by atoms with E-state index >= 15 is 0 Å². The van der Waals surface area contributed by atoms with E-state index in [1.807, 2.05) is 0 Å². The molecule has 0 aromatic rings. The lowest BCUT2D eigenvalue weighted by atomic mass is 9.81. The van der Waals surface area contributed by atoms with Gasteiger partial charge in [-0.05, 0) is 37.0 Å². The lowest BCUT2D eigenvalue weighted by Crippen LogP contribution is -2.18. The van der Waals surface area contributed by atoms with Crippen LogP contribution in [0.3, 0.4) is 0 Å². The highest BCUT2D eigenvalue weighted by Gasteiger charge is 2.43. The smallest absolute Gasteiger partial charge is 0.136 e. The monoisotopic (exact) mass is 160 g/mol. The van der Waals surface area contributed by atoms with E-state index in [1.165, 1.54) is 19.3 Å². The van der Waals surface area contributed by atoms with Gasteiger partial charge in [0.15, 0.2) is 0 Å². The van der Waals surface area contributed by atoms with E-state index in [1.54, 1.807) is 0 Å². The van der Waals surface area contributed by atoms with Gasteiger partial charge in [-0.1, -0.05) is 6.42 Å². The summed E-state index contributed by atoms with van der Waals surface area (Å²) in [5, 5.41) is 17.5. The zero-order chi connectivity index (χ0) is 8.55. The first-order valence-corrected chi connectivity index (χ1v) is 4.64. The maximum atomic E-state index is 8.74. The second-order valence-electron chi connectivity index (χ2n) is 4.07. The molecule has 2 nitrogen and oxygen atoms in total. The van der Waals surface area contributed by atoms with Gasteiger partial charge >= 0.3 is 0 Å². The maximum Gasteiger partial charge on any atom is 0.136 e. The zero-order valence-electron chi connectivity index (χ0n) is 7.03. The molecule has 0 aromatic carbocycles. The van der Waals surface area contributed by atoms with Crippen molar-refractivity contribution >= 4 is 0 Å². The Morgan fingerprint density at radius 3 is 2.25 bits per heavy atom. The van der Waals surface area contributed by atoms with Crippen molar-refractivity contribution in [1.29, 1.82) is 10.5 Å². The minimum Gasteiger partial charge on any atom is -0.197 e. The normalized spacial score (nSPS) is 38.1. The van der Waals surface area contributed by atoms with Gasteiger partial charge in [-0.2, -0.15) is 10.5 Å². The second kappa shape index (κ2) is 2.79. The molecule has 0 saturated heterocycles. The summed E-state index contributed by atoms with van der Waals surface area (Å²) in [6.07, 6.45) is 5.01. The first kappa shape index (κ1) is 7.62. The Bertz CT molecular complexity index is 244. The Balaban J connectivity index is 2.08. The van der Waals surface area contributed by atoms with E-state index in [9.17, 15) is 0 Å². The largest absolute Gasteiger partial charge is 0.197 e. The average molecular weight is 160 g/mol. The first-order chi connectivity index (χ1) is 5.85. The van der Waals surface area contributed by atoms with Crippen molar-refractivity contribution in [1.82, 2.24) is 0 Å². The van der Waals surface area contributed by atoms with E-state index in [2.05, 4.69) is 12.1 Å². The highest BCUT2D eigenvalue weighted by atomic mass is 14.5. The lowest BCUT2D eigenvalue weighted by molar-refractivity contribution is 0.301. The molecule has 12 heavy (non-hydrogen) atoms. The summed E-state index contributed by atoms with van der Waals surface area (Å²) in [5.41, 5.74) is 0. The van der Waals surface area contributed by atoms with Crippen LogP contribution in [-0.2, 0) is 0 Å².